The normalized spacial score (nSPS) is 15.1. The fourth-order valence-electron chi connectivity index (χ4n) is 3.01. The van der Waals surface area contributed by atoms with Gasteiger partial charge < -0.3 is 11.1 Å². The molecule has 5 nitrogen and oxygen atoms in total. The van der Waals surface area contributed by atoms with Gasteiger partial charge in [0.1, 0.15) is 0 Å². The molecule has 3 N–H and O–H groups in total. The Hall–Kier alpha value is -2.79. The third kappa shape index (κ3) is 3.37. The van der Waals surface area contributed by atoms with E-state index in [0.29, 0.717) is 23.7 Å². The molecule has 0 saturated heterocycles. The zero-order chi connectivity index (χ0) is 17.2. The summed E-state index contributed by atoms with van der Waals surface area (Å²) in [4.78, 5) is 21.8. The molecule has 1 aromatic carbocycles. The molecule has 126 valence electrons. The molecule has 0 aliphatic heterocycles. The van der Waals surface area contributed by atoms with E-state index in [0.717, 1.165) is 16.6 Å². The second-order valence-electron chi connectivity index (χ2n) is 6.50. The number of para-hydroxylation sites is 1. The maximum Gasteiger partial charge on any atom is 0.252 e. The predicted molar refractivity (Wildman–Crippen MR) is 98.0 cm³/mol. The number of pyridine rings is 2. The van der Waals surface area contributed by atoms with Crippen LogP contribution in [0.2, 0.25) is 0 Å². The van der Waals surface area contributed by atoms with E-state index < -0.39 is 0 Å². The largest absolute Gasteiger partial charge is 0.350 e. The van der Waals surface area contributed by atoms with E-state index in [-0.39, 0.29) is 11.9 Å². The summed E-state index contributed by atoms with van der Waals surface area (Å²) in [5.74, 6) is 0.436. The molecule has 4 rings (SSSR count). The van der Waals surface area contributed by atoms with E-state index in [1.54, 1.807) is 6.20 Å². The van der Waals surface area contributed by atoms with Gasteiger partial charge in [-0.1, -0.05) is 24.3 Å². The van der Waals surface area contributed by atoms with Gasteiger partial charge in [0.15, 0.2) is 0 Å². The summed E-state index contributed by atoms with van der Waals surface area (Å²) in [6.45, 7) is 0.499. The first-order chi connectivity index (χ1) is 12.2. The standard InChI is InChI=1S/C20H20N4O/c21-16(13-8-9-13)12-23-20(25)15-11-19(18-7-3-4-10-22-18)24-17-6-2-1-5-14(15)17/h1-7,10-11,13,16H,8-9,12,21H2,(H,23,25). The zero-order valence-electron chi connectivity index (χ0n) is 13.9. The van der Waals surface area contributed by atoms with E-state index >= 15 is 0 Å². The lowest BCUT2D eigenvalue weighted by molar-refractivity contribution is 0.0952. The van der Waals surface area contributed by atoms with Gasteiger partial charge in [-0.2, -0.15) is 0 Å². The van der Waals surface area contributed by atoms with Crippen molar-refractivity contribution in [2.45, 2.75) is 18.9 Å². The van der Waals surface area contributed by atoms with Crippen LogP contribution in [0.5, 0.6) is 0 Å². The first-order valence-electron chi connectivity index (χ1n) is 8.57. The number of aromatic nitrogens is 2. The summed E-state index contributed by atoms with van der Waals surface area (Å²) < 4.78 is 0. The molecule has 3 aromatic rings. The van der Waals surface area contributed by atoms with Crippen molar-refractivity contribution < 1.29 is 4.79 Å². The predicted octanol–water partition coefficient (Wildman–Crippen LogP) is 2.76. The molecule has 1 aliphatic rings. The molecule has 1 unspecified atom stereocenters. The minimum absolute atomic E-state index is 0.0345. The number of hydrogen-bond acceptors (Lipinski definition) is 4. The highest BCUT2D eigenvalue weighted by Gasteiger charge is 2.28. The van der Waals surface area contributed by atoms with Gasteiger partial charge in [0.05, 0.1) is 22.5 Å². The SMILES string of the molecule is NC(CNC(=O)c1cc(-c2ccccn2)nc2ccccc12)C1CC1. The molecule has 25 heavy (non-hydrogen) atoms. The van der Waals surface area contributed by atoms with Crippen LogP contribution in [-0.4, -0.2) is 28.5 Å². The summed E-state index contributed by atoms with van der Waals surface area (Å²) in [6.07, 6.45) is 4.05. The van der Waals surface area contributed by atoms with Crippen LogP contribution in [0.25, 0.3) is 22.3 Å². The smallest absolute Gasteiger partial charge is 0.252 e. The molecule has 0 radical (unpaired) electrons. The minimum atomic E-state index is -0.119. The van der Waals surface area contributed by atoms with Crippen molar-refractivity contribution in [3.63, 3.8) is 0 Å². The Labute approximate surface area is 146 Å². The quantitative estimate of drug-likeness (QED) is 0.753. The van der Waals surface area contributed by atoms with Crippen molar-refractivity contribution in [2.75, 3.05) is 6.54 Å². The van der Waals surface area contributed by atoms with E-state index in [4.69, 9.17) is 5.73 Å². The molecular formula is C20H20N4O. The highest BCUT2D eigenvalue weighted by molar-refractivity contribution is 6.07. The van der Waals surface area contributed by atoms with Gasteiger partial charge in [-0.3, -0.25) is 9.78 Å². The lowest BCUT2D eigenvalue weighted by Crippen LogP contribution is -2.38. The number of fused-ring (bicyclic) bond motifs is 1. The maximum atomic E-state index is 12.8. The first-order valence-corrected chi connectivity index (χ1v) is 8.57. The molecule has 2 aromatic heterocycles. The summed E-state index contributed by atoms with van der Waals surface area (Å²) in [6, 6.07) is 15.2. The number of nitrogens with two attached hydrogens (primary N) is 1. The van der Waals surface area contributed by atoms with Crippen LogP contribution in [0.4, 0.5) is 0 Å². The molecule has 5 heteroatoms. The van der Waals surface area contributed by atoms with E-state index in [1.807, 2.05) is 48.5 Å². The van der Waals surface area contributed by atoms with Gasteiger partial charge in [-0.05, 0) is 43.0 Å². The fourth-order valence-corrected chi connectivity index (χ4v) is 3.01. The summed E-state index contributed by atoms with van der Waals surface area (Å²) in [5, 5.41) is 3.81. The second-order valence-corrected chi connectivity index (χ2v) is 6.50. The number of hydrogen-bond donors (Lipinski definition) is 2. The number of amides is 1. The Kier molecular flexibility index (Phi) is 4.15. The Morgan fingerprint density at radius 2 is 1.96 bits per heavy atom. The Morgan fingerprint density at radius 1 is 1.16 bits per heavy atom. The van der Waals surface area contributed by atoms with E-state index in [9.17, 15) is 4.79 Å². The van der Waals surface area contributed by atoms with Crippen molar-refractivity contribution in [1.82, 2.24) is 15.3 Å². The second kappa shape index (κ2) is 6.61. The lowest BCUT2D eigenvalue weighted by Gasteiger charge is -2.13. The third-order valence-corrected chi connectivity index (χ3v) is 4.61. The van der Waals surface area contributed by atoms with Crippen molar-refractivity contribution in [3.05, 3.63) is 60.3 Å². The molecule has 1 fully saturated rings. The average molecular weight is 332 g/mol. The topological polar surface area (TPSA) is 80.9 Å². The lowest BCUT2D eigenvalue weighted by atomic mass is 10.1. The van der Waals surface area contributed by atoms with Gasteiger partial charge >= 0.3 is 0 Å². The summed E-state index contributed by atoms with van der Waals surface area (Å²) in [7, 11) is 0. The molecule has 0 spiro atoms. The zero-order valence-corrected chi connectivity index (χ0v) is 13.9. The van der Waals surface area contributed by atoms with Crippen molar-refractivity contribution >= 4 is 16.8 Å². The number of carbonyl (C=O) groups is 1. The highest BCUT2D eigenvalue weighted by atomic mass is 16.1. The van der Waals surface area contributed by atoms with E-state index in [1.165, 1.54) is 12.8 Å². The van der Waals surface area contributed by atoms with E-state index in [2.05, 4.69) is 15.3 Å². The number of rotatable bonds is 5. The van der Waals surface area contributed by atoms with Crippen LogP contribution >= 0.6 is 0 Å². The Balaban J connectivity index is 1.69. The molecule has 1 atom stereocenters. The number of nitrogens with zero attached hydrogens (tertiary/aromatic N) is 2. The Morgan fingerprint density at radius 3 is 2.72 bits per heavy atom. The number of benzene rings is 1. The average Bonchev–Trinajstić information content (AvgIpc) is 3.51. The highest BCUT2D eigenvalue weighted by Crippen LogP contribution is 2.31. The molecule has 1 amide bonds. The van der Waals surface area contributed by atoms with Crippen LogP contribution in [0.1, 0.15) is 23.2 Å². The van der Waals surface area contributed by atoms with Crippen LogP contribution < -0.4 is 11.1 Å². The summed E-state index contributed by atoms with van der Waals surface area (Å²) >= 11 is 0. The van der Waals surface area contributed by atoms with Crippen molar-refractivity contribution in [3.8, 4) is 11.4 Å². The van der Waals surface area contributed by atoms with Crippen LogP contribution in [-0.2, 0) is 0 Å². The molecule has 1 saturated carbocycles. The van der Waals surface area contributed by atoms with Gasteiger partial charge in [-0.25, -0.2) is 4.98 Å². The van der Waals surface area contributed by atoms with Crippen molar-refractivity contribution in [1.29, 1.82) is 0 Å². The molecular weight excluding hydrogens is 312 g/mol. The fraction of sp³-hybridized carbons (Fsp3) is 0.250. The molecule has 2 heterocycles. The Bertz CT molecular complexity index is 906. The monoisotopic (exact) mass is 332 g/mol. The first kappa shape index (κ1) is 15.7. The molecule has 1 aliphatic carbocycles. The molecule has 0 bridgehead atoms. The van der Waals surface area contributed by atoms with Gasteiger partial charge in [0.25, 0.3) is 5.91 Å². The summed E-state index contributed by atoms with van der Waals surface area (Å²) in [5.41, 5.74) is 8.93. The van der Waals surface area contributed by atoms with Gasteiger partial charge in [-0.15, -0.1) is 0 Å². The minimum Gasteiger partial charge on any atom is -0.350 e. The van der Waals surface area contributed by atoms with Gasteiger partial charge in [0, 0.05) is 24.2 Å². The van der Waals surface area contributed by atoms with Crippen molar-refractivity contribution in [2.24, 2.45) is 11.7 Å². The number of carbonyl (C=O) groups excluding carboxylic acids is 1. The van der Waals surface area contributed by atoms with Gasteiger partial charge in [0.2, 0.25) is 0 Å². The van der Waals surface area contributed by atoms with Crippen LogP contribution in [0, 0.1) is 5.92 Å². The number of nitrogens with one attached hydrogen (secondary N) is 1. The van der Waals surface area contributed by atoms with Crippen LogP contribution in [0.3, 0.4) is 0 Å². The third-order valence-electron chi connectivity index (χ3n) is 4.61. The van der Waals surface area contributed by atoms with Crippen LogP contribution in [0.15, 0.2) is 54.7 Å². The maximum absolute atomic E-state index is 12.8.